The Morgan fingerprint density at radius 3 is 2.86 bits per heavy atom. The van der Waals surface area contributed by atoms with Crippen LogP contribution in [0.15, 0.2) is 18.2 Å². The van der Waals surface area contributed by atoms with Crippen LogP contribution < -0.4 is 5.73 Å². The minimum atomic E-state index is -0.489. The van der Waals surface area contributed by atoms with Crippen molar-refractivity contribution in [2.75, 3.05) is 5.73 Å². The molecule has 6 nitrogen and oxygen atoms in total. The van der Waals surface area contributed by atoms with Crippen LogP contribution in [0.5, 0.6) is 0 Å². The number of nitro groups is 1. The van der Waals surface area contributed by atoms with E-state index in [9.17, 15) is 15.4 Å². The van der Waals surface area contributed by atoms with E-state index in [-0.39, 0.29) is 17.1 Å². The number of hydrogen-bond acceptors (Lipinski definition) is 5. The number of nitro benzene ring substituents is 1. The Bertz CT molecular complexity index is 842. The minimum Gasteiger partial charge on any atom is -0.383 e. The molecule has 3 rings (SSSR count). The maximum absolute atomic E-state index is 11.0. The van der Waals surface area contributed by atoms with Crippen molar-refractivity contribution in [1.82, 2.24) is 4.98 Å². The summed E-state index contributed by atoms with van der Waals surface area (Å²) in [6.45, 7) is 0. The third-order valence-corrected chi connectivity index (χ3v) is 4.12. The largest absolute Gasteiger partial charge is 0.383 e. The van der Waals surface area contributed by atoms with Gasteiger partial charge in [-0.15, -0.1) is 0 Å². The van der Waals surface area contributed by atoms with Gasteiger partial charge in [0.05, 0.1) is 4.92 Å². The third kappa shape index (κ3) is 2.16. The van der Waals surface area contributed by atoms with E-state index in [1.807, 2.05) is 0 Å². The highest BCUT2D eigenvalue weighted by Gasteiger charge is 2.25. The van der Waals surface area contributed by atoms with Gasteiger partial charge in [0.2, 0.25) is 0 Å². The summed E-state index contributed by atoms with van der Waals surface area (Å²) in [5.74, 6) is 0.140. The second-order valence-corrected chi connectivity index (χ2v) is 5.47. The van der Waals surface area contributed by atoms with Gasteiger partial charge in [-0.3, -0.25) is 10.1 Å². The zero-order chi connectivity index (χ0) is 15.9. The molecule has 1 aliphatic rings. The minimum absolute atomic E-state index is 0.0783. The number of benzene rings is 1. The van der Waals surface area contributed by atoms with Crippen molar-refractivity contribution in [2.24, 2.45) is 0 Å². The molecule has 2 N–H and O–H groups in total. The number of pyridine rings is 1. The number of non-ortho nitro benzene ring substituents is 1. The van der Waals surface area contributed by atoms with Crippen LogP contribution in [-0.2, 0) is 12.8 Å². The Morgan fingerprint density at radius 1 is 1.41 bits per heavy atom. The summed E-state index contributed by atoms with van der Waals surface area (Å²) in [7, 11) is 0. The van der Waals surface area contributed by atoms with Crippen molar-refractivity contribution in [2.45, 2.75) is 19.3 Å². The predicted molar refractivity (Wildman–Crippen MR) is 82.5 cm³/mol. The Balaban J connectivity index is 2.36. The highest BCUT2D eigenvalue weighted by molar-refractivity contribution is 6.33. The Morgan fingerprint density at radius 2 is 2.18 bits per heavy atom. The molecule has 2 aromatic rings. The number of aryl methyl sites for hydroxylation is 1. The number of halogens is 1. The van der Waals surface area contributed by atoms with E-state index >= 15 is 0 Å². The molecular weight excluding hydrogens is 304 g/mol. The summed E-state index contributed by atoms with van der Waals surface area (Å²) in [5, 5.41) is 20.8. The number of nitriles is 1. The molecule has 0 bridgehead atoms. The summed E-state index contributed by atoms with van der Waals surface area (Å²) in [5.41, 5.74) is 8.82. The number of rotatable bonds is 2. The van der Waals surface area contributed by atoms with E-state index < -0.39 is 4.92 Å². The van der Waals surface area contributed by atoms with Gasteiger partial charge in [0.15, 0.2) is 0 Å². The van der Waals surface area contributed by atoms with Gasteiger partial charge in [0, 0.05) is 34.0 Å². The van der Waals surface area contributed by atoms with Gasteiger partial charge in [-0.05, 0) is 30.9 Å². The van der Waals surface area contributed by atoms with Gasteiger partial charge < -0.3 is 5.73 Å². The highest BCUT2D eigenvalue weighted by Crippen LogP contribution is 2.40. The van der Waals surface area contributed by atoms with Crippen LogP contribution in [0, 0.1) is 21.4 Å². The summed E-state index contributed by atoms with van der Waals surface area (Å²) in [4.78, 5) is 14.8. The quantitative estimate of drug-likeness (QED) is 0.676. The number of aromatic nitrogens is 1. The Kier molecular flexibility index (Phi) is 3.43. The number of nitrogens with zero attached hydrogens (tertiary/aromatic N) is 3. The summed E-state index contributed by atoms with van der Waals surface area (Å²) >= 11 is 6.23. The molecule has 0 unspecified atom stereocenters. The zero-order valence-corrected chi connectivity index (χ0v) is 12.2. The average molecular weight is 315 g/mol. The normalized spacial score (nSPS) is 12.7. The van der Waals surface area contributed by atoms with Crippen LogP contribution in [0.2, 0.25) is 5.02 Å². The first-order valence-electron chi connectivity index (χ1n) is 6.68. The van der Waals surface area contributed by atoms with Crippen LogP contribution in [0.3, 0.4) is 0 Å². The van der Waals surface area contributed by atoms with E-state index in [1.165, 1.54) is 18.2 Å². The van der Waals surface area contributed by atoms with Crippen molar-refractivity contribution >= 4 is 23.1 Å². The van der Waals surface area contributed by atoms with Gasteiger partial charge in [-0.1, -0.05) is 11.6 Å². The molecule has 0 amide bonds. The molecule has 110 valence electrons. The molecule has 0 aliphatic heterocycles. The van der Waals surface area contributed by atoms with E-state index in [4.69, 9.17) is 17.3 Å². The van der Waals surface area contributed by atoms with Crippen LogP contribution in [0.1, 0.15) is 23.2 Å². The molecule has 0 fully saturated rings. The first-order valence-corrected chi connectivity index (χ1v) is 7.06. The summed E-state index contributed by atoms with van der Waals surface area (Å²) in [6.07, 6.45) is 2.45. The van der Waals surface area contributed by atoms with Crippen LogP contribution in [0.25, 0.3) is 11.1 Å². The monoisotopic (exact) mass is 314 g/mol. The fraction of sp³-hybridized carbons (Fsp3) is 0.200. The van der Waals surface area contributed by atoms with Crippen molar-refractivity contribution in [1.29, 1.82) is 5.26 Å². The maximum Gasteiger partial charge on any atom is 0.270 e. The lowest BCUT2D eigenvalue weighted by atomic mass is 9.94. The lowest BCUT2D eigenvalue weighted by Gasteiger charge is -2.13. The average Bonchev–Trinajstić information content (AvgIpc) is 2.94. The molecule has 0 atom stereocenters. The standard InChI is InChI=1S/C15H11ClN4O2/c16-12-5-4-8(20(21)22)6-10(12)14-9-2-1-3-13(9)19-15(18)11(14)7-17/h4-6H,1-3H2,(H2,18,19). The second kappa shape index (κ2) is 5.28. The number of fused-ring (bicyclic) bond motifs is 1. The molecule has 0 saturated heterocycles. The Hall–Kier alpha value is -2.65. The first-order chi connectivity index (χ1) is 10.5. The number of nitrogens with two attached hydrogens (primary N) is 1. The van der Waals surface area contributed by atoms with E-state index in [2.05, 4.69) is 11.1 Å². The SMILES string of the molecule is N#Cc1c(N)nc2c(c1-c1cc([N+](=O)[O-])ccc1Cl)CCC2. The topological polar surface area (TPSA) is 106 Å². The molecular formula is C15H11ClN4O2. The van der Waals surface area contributed by atoms with Crippen LogP contribution in [0.4, 0.5) is 11.5 Å². The Labute approximate surface area is 131 Å². The van der Waals surface area contributed by atoms with E-state index in [0.29, 0.717) is 16.1 Å². The number of nitrogen functional groups attached to an aromatic ring is 1. The summed E-state index contributed by atoms with van der Waals surface area (Å²) in [6, 6.07) is 6.24. The van der Waals surface area contributed by atoms with Gasteiger partial charge in [0.1, 0.15) is 17.5 Å². The van der Waals surface area contributed by atoms with Gasteiger partial charge >= 0.3 is 0 Å². The molecule has 0 saturated carbocycles. The number of anilines is 1. The van der Waals surface area contributed by atoms with E-state index in [0.717, 1.165) is 30.5 Å². The molecule has 0 radical (unpaired) electrons. The lowest BCUT2D eigenvalue weighted by Crippen LogP contribution is -2.04. The maximum atomic E-state index is 11.0. The van der Waals surface area contributed by atoms with Gasteiger partial charge in [0.25, 0.3) is 5.69 Å². The molecule has 1 aromatic carbocycles. The predicted octanol–water partition coefficient (Wildman–Crippen LogP) is 3.25. The van der Waals surface area contributed by atoms with Crippen molar-refractivity contribution in [3.05, 3.63) is 50.2 Å². The highest BCUT2D eigenvalue weighted by atomic mass is 35.5. The van der Waals surface area contributed by atoms with E-state index in [1.54, 1.807) is 0 Å². The number of hydrogen-bond donors (Lipinski definition) is 1. The van der Waals surface area contributed by atoms with Crippen LogP contribution in [-0.4, -0.2) is 9.91 Å². The smallest absolute Gasteiger partial charge is 0.270 e. The van der Waals surface area contributed by atoms with Crippen LogP contribution >= 0.6 is 11.6 Å². The van der Waals surface area contributed by atoms with Gasteiger partial charge in [-0.2, -0.15) is 5.26 Å². The fourth-order valence-corrected chi connectivity index (χ4v) is 3.04. The first kappa shape index (κ1) is 14.3. The molecule has 22 heavy (non-hydrogen) atoms. The van der Waals surface area contributed by atoms with Crippen molar-refractivity contribution in [3.63, 3.8) is 0 Å². The second-order valence-electron chi connectivity index (χ2n) is 5.06. The molecule has 0 spiro atoms. The van der Waals surface area contributed by atoms with Crippen molar-refractivity contribution in [3.8, 4) is 17.2 Å². The van der Waals surface area contributed by atoms with Gasteiger partial charge in [-0.25, -0.2) is 4.98 Å². The molecule has 7 heteroatoms. The fourth-order valence-electron chi connectivity index (χ4n) is 2.83. The van der Waals surface area contributed by atoms with Crippen molar-refractivity contribution < 1.29 is 4.92 Å². The summed E-state index contributed by atoms with van der Waals surface area (Å²) < 4.78 is 0. The molecule has 1 heterocycles. The zero-order valence-electron chi connectivity index (χ0n) is 11.5. The molecule has 1 aromatic heterocycles. The third-order valence-electron chi connectivity index (χ3n) is 3.79. The molecule has 1 aliphatic carbocycles. The lowest BCUT2D eigenvalue weighted by molar-refractivity contribution is -0.384.